The van der Waals surface area contributed by atoms with E-state index in [9.17, 15) is 0 Å². The maximum atomic E-state index is 5.71. The van der Waals surface area contributed by atoms with Gasteiger partial charge < -0.3 is 4.74 Å². The minimum atomic E-state index is 0.333. The number of rotatable bonds is 0. The van der Waals surface area contributed by atoms with Gasteiger partial charge in [-0.3, -0.25) is 0 Å². The molecule has 0 aliphatic carbocycles. The summed E-state index contributed by atoms with van der Waals surface area (Å²) in [4.78, 5) is 8.19. The topological polar surface area (TPSA) is 35.0 Å². The molecule has 0 bridgehead atoms. The smallest absolute Gasteiger partial charge is 0.223 e. The van der Waals surface area contributed by atoms with Gasteiger partial charge in [0.05, 0.1) is 18.9 Å². The Labute approximate surface area is 88.6 Å². The summed E-state index contributed by atoms with van der Waals surface area (Å²) in [5, 5.41) is 0.333. The van der Waals surface area contributed by atoms with E-state index in [1.54, 1.807) is 0 Å². The summed E-state index contributed by atoms with van der Waals surface area (Å²) in [6.45, 7) is 1.35. The van der Waals surface area contributed by atoms with Gasteiger partial charge in [0.25, 0.3) is 0 Å². The highest BCUT2D eigenvalue weighted by molar-refractivity contribution is 14.1. The van der Waals surface area contributed by atoms with Crippen LogP contribution < -0.4 is 0 Å². The first-order valence-corrected chi connectivity index (χ1v) is 5.01. The van der Waals surface area contributed by atoms with Gasteiger partial charge in [0.2, 0.25) is 5.28 Å². The van der Waals surface area contributed by atoms with Crippen LogP contribution in [0.25, 0.3) is 0 Å². The molecule has 0 atom stereocenters. The first-order valence-electron chi connectivity index (χ1n) is 3.56. The van der Waals surface area contributed by atoms with Gasteiger partial charge in [-0.2, -0.15) is 0 Å². The molecule has 0 unspecified atom stereocenters. The van der Waals surface area contributed by atoms with Crippen LogP contribution in [0, 0.1) is 3.70 Å². The molecule has 0 aromatic carbocycles. The van der Waals surface area contributed by atoms with Crippen LogP contribution in [0.1, 0.15) is 11.3 Å². The fourth-order valence-electron chi connectivity index (χ4n) is 1.16. The maximum Gasteiger partial charge on any atom is 0.223 e. The van der Waals surface area contributed by atoms with E-state index in [1.165, 1.54) is 0 Å². The van der Waals surface area contributed by atoms with Gasteiger partial charge in [-0.05, 0) is 34.2 Å². The van der Waals surface area contributed by atoms with E-state index in [1.807, 2.05) is 0 Å². The molecule has 0 saturated heterocycles. The predicted octanol–water partition coefficient (Wildman–Crippen LogP) is 1.81. The lowest BCUT2D eigenvalue weighted by atomic mass is 10.1. The number of halogens is 2. The van der Waals surface area contributed by atoms with E-state index < -0.39 is 0 Å². The van der Waals surface area contributed by atoms with E-state index in [0.29, 0.717) is 11.9 Å². The monoisotopic (exact) mass is 296 g/mol. The molecular formula is C7H6ClIN2O. The zero-order valence-electron chi connectivity index (χ0n) is 6.18. The van der Waals surface area contributed by atoms with Gasteiger partial charge in [0.1, 0.15) is 3.70 Å². The quantitative estimate of drug-likeness (QED) is 0.416. The van der Waals surface area contributed by atoms with Crippen molar-refractivity contribution in [2.24, 2.45) is 0 Å². The molecule has 0 saturated carbocycles. The second kappa shape index (κ2) is 3.43. The molecule has 0 fully saturated rings. The first kappa shape index (κ1) is 8.65. The Bertz CT molecular complexity index is 319. The number of hydrogen-bond donors (Lipinski definition) is 0. The zero-order valence-corrected chi connectivity index (χ0v) is 9.09. The lowest BCUT2D eigenvalue weighted by Crippen LogP contribution is -2.14. The van der Waals surface area contributed by atoms with Crippen LogP contribution in [-0.2, 0) is 17.8 Å². The van der Waals surface area contributed by atoms with Gasteiger partial charge in [0.15, 0.2) is 0 Å². The van der Waals surface area contributed by atoms with Crippen molar-refractivity contribution in [2.75, 3.05) is 6.61 Å². The number of fused-ring (bicyclic) bond motifs is 1. The molecule has 0 amide bonds. The van der Waals surface area contributed by atoms with Crippen LogP contribution in [0.4, 0.5) is 0 Å². The van der Waals surface area contributed by atoms with Crippen LogP contribution in [0.3, 0.4) is 0 Å². The fourth-order valence-corrected chi connectivity index (χ4v) is 2.19. The summed E-state index contributed by atoms with van der Waals surface area (Å²) in [5.74, 6) is 0. The number of nitrogens with zero attached hydrogens (tertiary/aromatic N) is 2. The standard InChI is InChI=1S/C7H6ClIN2O/c8-7-10-5-1-2-12-3-4(5)6(9)11-7/h1-3H2. The van der Waals surface area contributed by atoms with Gasteiger partial charge >= 0.3 is 0 Å². The molecule has 1 aromatic rings. The van der Waals surface area contributed by atoms with Crippen molar-refractivity contribution in [3.05, 3.63) is 20.2 Å². The second-order valence-corrected chi connectivity index (χ2v) is 3.87. The van der Waals surface area contributed by atoms with Crippen molar-refractivity contribution in [2.45, 2.75) is 13.0 Å². The Balaban J connectivity index is 2.53. The summed E-state index contributed by atoms with van der Waals surface area (Å²) in [6.07, 6.45) is 0.841. The predicted molar refractivity (Wildman–Crippen MR) is 53.1 cm³/mol. The number of ether oxygens (including phenoxy) is 1. The second-order valence-electron chi connectivity index (χ2n) is 2.51. The Kier molecular flexibility index (Phi) is 2.47. The van der Waals surface area contributed by atoms with E-state index in [2.05, 4.69) is 32.6 Å². The number of aromatic nitrogens is 2. The summed E-state index contributed by atoms with van der Waals surface area (Å²) in [6, 6.07) is 0. The van der Waals surface area contributed by atoms with Gasteiger partial charge in [-0.1, -0.05) is 0 Å². The Morgan fingerprint density at radius 3 is 3.08 bits per heavy atom. The van der Waals surface area contributed by atoms with Crippen LogP contribution >= 0.6 is 34.2 Å². The average molecular weight is 296 g/mol. The van der Waals surface area contributed by atoms with Crippen molar-refractivity contribution in [3.8, 4) is 0 Å². The molecule has 2 rings (SSSR count). The highest BCUT2D eigenvalue weighted by Crippen LogP contribution is 2.20. The van der Waals surface area contributed by atoms with E-state index in [4.69, 9.17) is 16.3 Å². The Morgan fingerprint density at radius 1 is 1.42 bits per heavy atom. The molecule has 0 N–H and O–H groups in total. The summed E-state index contributed by atoms with van der Waals surface area (Å²) < 4.78 is 6.19. The van der Waals surface area contributed by atoms with E-state index in [0.717, 1.165) is 28.0 Å². The van der Waals surface area contributed by atoms with Crippen molar-refractivity contribution in [3.63, 3.8) is 0 Å². The van der Waals surface area contributed by atoms with Crippen molar-refractivity contribution in [1.82, 2.24) is 9.97 Å². The third kappa shape index (κ3) is 1.55. The fraction of sp³-hybridized carbons (Fsp3) is 0.429. The van der Waals surface area contributed by atoms with Crippen LogP contribution in [0.15, 0.2) is 0 Å². The highest BCUT2D eigenvalue weighted by atomic mass is 127. The van der Waals surface area contributed by atoms with Crippen LogP contribution in [0.5, 0.6) is 0 Å². The van der Waals surface area contributed by atoms with Crippen LogP contribution in [-0.4, -0.2) is 16.6 Å². The largest absolute Gasteiger partial charge is 0.376 e. The highest BCUT2D eigenvalue weighted by Gasteiger charge is 2.15. The van der Waals surface area contributed by atoms with E-state index >= 15 is 0 Å². The molecule has 5 heteroatoms. The summed E-state index contributed by atoms with van der Waals surface area (Å²) in [7, 11) is 0. The molecule has 64 valence electrons. The Hall–Kier alpha value is 0.0600. The SMILES string of the molecule is Clc1nc(I)c2c(n1)CCOC2. The maximum absolute atomic E-state index is 5.71. The van der Waals surface area contributed by atoms with Gasteiger partial charge in [0, 0.05) is 12.0 Å². The molecular weight excluding hydrogens is 290 g/mol. The van der Waals surface area contributed by atoms with Crippen molar-refractivity contribution < 1.29 is 4.74 Å². The molecule has 0 spiro atoms. The minimum Gasteiger partial charge on any atom is -0.376 e. The lowest BCUT2D eigenvalue weighted by Gasteiger charge is -2.15. The molecule has 12 heavy (non-hydrogen) atoms. The molecule has 0 radical (unpaired) electrons. The average Bonchev–Trinajstić information content (AvgIpc) is 2.04. The van der Waals surface area contributed by atoms with Crippen molar-refractivity contribution in [1.29, 1.82) is 0 Å². The normalized spacial score (nSPS) is 15.8. The van der Waals surface area contributed by atoms with Crippen LogP contribution in [0.2, 0.25) is 5.28 Å². The molecule has 2 heterocycles. The third-order valence-corrected chi connectivity index (χ3v) is 2.81. The number of hydrogen-bond acceptors (Lipinski definition) is 3. The minimum absolute atomic E-state index is 0.333. The molecule has 1 aliphatic heterocycles. The zero-order chi connectivity index (χ0) is 8.55. The van der Waals surface area contributed by atoms with Crippen molar-refractivity contribution >= 4 is 34.2 Å². The Morgan fingerprint density at radius 2 is 2.25 bits per heavy atom. The summed E-state index contributed by atoms with van der Waals surface area (Å²) in [5.41, 5.74) is 2.12. The lowest BCUT2D eigenvalue weighted by molar-refractivity contribution is 0.108. The third-order valence-electron chi connectivity index (χ3n) is 1.74. The molecule has 1 aromatic heterocycles. The van der Waals surface area contributed by atoms with Gasteiger partial charge in [-0.25, -0.2) is 9.97 Å². The van der Waals surface area contributed by atoms with E-state index in [-0.39, 0.29) is 0 Å². The molecule has 3 nitrogen and oxygen atoms in total. The summed E-state index contributed by atoms with van der Waals surface area (Å²) >= 11 is 7.87. The first-order chi connectivity index (χ1) is 5.77. The van der Waals surface area contributed by atoms with Gasteiger partial charge in [-0.15, -0.1) is 0 Å². The molecule has 1 aliphatic rings.